The number of rotatable bonds is 8. The van der Waals surface area contributed by atoms with Gasteiger partial charge in [0.2, 0.25) is 0 Å². The largest absolute Gasteiger partial charge is 0.468 e. The molecule has 2 unspecified atom stereocenters. The van der Waals surface area contributed by atoms with Gasteiger partial charge in [0.25, 0.3) is 0 Å². The van der Waals surface area contributed by atoms with Gasteiger partial charge < -0.3 is 10.1 Å². The molecule has 0 amide bonds. The van der Waals surface area contributed by atoms with Crippen molar-refractivity contribution in [1.29, 1.82) is 0 Å². The van der Waals surface area contributed by atoms with Gasteiger partial charge in [0.1, 0.15) is 5.54 Å². The van der Waals surface area contributed by atoms with E-state index in [1.807, 2.05) is 11.8 Å². The number of thioether (sulfide) groups is 1. The smallest absolute Gasteiger partial charge is 0.327 e. The molecule has 1 N–H and O–H groups in total. The Morgan fingerprint density at radius 2 is 2.06 bits per heavy atom. The Kier molecular flexibility index (Phi) is 5.99. The van der Waals surface area contributed by atoms with Crippen molar-refractivity contribution in [2.24, 2.45) is 11.8 Å². The molecule has 0 heterocycles. The van der Waals surface area contributed by atoms with E-state index in [1.54, 1.807) is 0 Å². The number of carbonyl (C=O) groups excluding carboxylic acids is 1. The van der Waals surface area contributed by atoms with Crippen LogP contribution >= 0.6 is 11.8 Å². The van der Waals surface area contributed by atoms with Crippen molar-refractivity contribution in [2.45, 2.75) is 51.3 Å². The minimum absolute atomic E-state index is 0.0877. The Bertz CT molecular complexity index is 279. The van der Waals surface area contributed by atoms with E-state index in [-0.39, 0.29) is 5.97 Å². The third-order valence-corrected chi connectivity index (χ3v) is 5.52. The summed E-state index contributed by atoms with van der Waals surface area (Å²) in [5, 5.41) is 3.97. The molecule has 4 heteroatoms. The molecular formula is C14H27NO2S. The van der Waals surface area contributed by atoms with E-state index in [0.717, 1.165) is 25.1 Å². The van der Waals surface area contributed by atoms with Gasteiger partial charge in [-0.25, -0.2) is 0 Å². The van der Waals surface area contributed by atoms with E-state index in [0.29, 0.717) is 17.1 Å². The predicted molar refractivity (Wildman–Crippen MR) is 77.9 cm³/mol. The fraction of sp³-hybridized carbons (Fsp3) is 0.929. The van der Waals surface area contributed by atoms with Crippen molar-refractivity contribution in [3.8, 4) is 0 Å². The van der Waals surface area contributed by atoms with Gasteiger partial charge in [-0.3, -0.25) is 4.79 Å². The molecular weight excluding hydrogens is 246 g/mol. The van der Waals surface area contributed by atoms with E-state index in [2.05, 4.69) is 33.0 Å². The van der Waals surface area contributed by atoms with Crippen LogP contribution in [-0.4, -0.2) is 36.2 Å². The van der Waals surface area contributed by atoms with Gasteiger partial charge in [0.05, 0.1) is 7.11 Å². The average Bonchev–Trinajstić information content (AvgIpc) is 3.17. The SMILES string of the molecule is CCNC(CSC(C)C(C)C)(C(=O)OC)C1CC1. The number of carbonyl (C=O) groups is 1. The third kappa shape index (κ3) is 3.64. The second kappa shape index (κ2) is 6.80. The van der Waals surface area contributed by atoms with E-state index in [9.17, 15) is 4.79 Å². The Morgan fingerprint density at radius 1 is 1.44 bits per heavy atom. The highest BCUT2D eigenvalue weighted by molar-refractivity contribution is 8.00. The summed E-state index contributed by atoms with van der Waals surface area (Å²) in [6.45, 7) is 9.54. The Morgan fingerprint density at radius 3 is 2.44 bits per heavy atom. The zero-order chi connectivity index (χ0) is 13.8. The molecule has 106 valence electrons. The molecule has 1 aliphatic rings. The summed E-state index contributed by atoms with van der Waals surface area (Å²) in [5.41, 5.74) is -0.461. The number of hydrogen-bond acceptors (Lipinski definition) is 4. The molecule has 3 nitrogen and oxygen atoms in total. The van der Waals surface area contributed by atoms with E-state index >= 15 is 0 Å². The summed E-state index contributed by atoms with van der Waals surface area (Å²) >= 11 is 1.88. The normalized spacial score (nSPS) is 20.6. The minimum atomic E-state index is -0.461. The third-order valence-electron chi connectivity index (χ3n) is 3.83. The molecule has 1 aliphatic carbocycles. The zero-order valence-corrected chi connectivity index (χ0v) is 13.1. The van der Waals surface area contributed by atoms with Crippen LogP contribution in [0.15, 0.2) is 0 Å². The lowest BCUT2D eigenvalue weighted by Crippen LogP contribution is -2.57. The fourth-order valence-electron chi connectivity index (χ4n) is 2.14. The van der Waals surface area contributed by atoms with Crippen LogP contribution in [0.5, 0.6) is 0 Å². The van der Waals surface area contributed by atoms with Gasteiger partial charge in [-0.15, -0.1) is 0 Å². The molecule has 1 fully saturated rings. The maximum absolute atomic E-state index is 12.2. The summed E-state index contributed by atoms with van der Waals surface area (Å²) in [5.74, 6) is 1.82. The van der Waals surface area contributed by atoms with Crippen LogP contribution in [0.3, 0.4) is 0 Å². The summed E-state index contributed by atoms with van der Waals surface area (Å²) in [6, 6.07) is 0. The van der Waals surface area contributed by atoms with E-state index in [1.165, 1.54) is 7.11 Å². The lowest BCUT2D eigenvalue weighted by Gasteiger charge is -2.33. The molecule has 2 atom stereocenters. The van der Waals surface area contributed by atoms with Gasteiger partial charge in [0.15, 0.2) is 0 Å². The molecule has 1 rings (SSSR count). The first-order chi connectivity index (χ1) is 8.47. The van der Waals surface area contributed by atoms with Crippen molar-refractivity contribution in [3.63, 3.8) is 0 Å². The van der Waals surface area contributed by atoms with Crippen molar-refractivity contribution in [1.82, 2.24) is 5.32 Å². The van der Waals surface area contributed by atoms with Crippen molar-refractivity contribution in [3.05, 3.63) is 0 Å². The first kappa shape index (κ1) is 15.8. The monoisotopic (exact) mass is 273 g/mol. The Hall–Kier alpha value is -0.220. The number of ether oxygens (including phenoxy) is 1. The molecule has 0 aromatic carbocycles. The highest BCUT2D eigenvalue weighted by Crippen LogP contribution is 2.43. The van der Waals surface area contributed by atoms with Gasteiger partial charge in [-0.1, -0.05) is 27.7 Å². The van der Waals surface area contributed by atoms with Crippen molar-refractivity contribution >= 4 is 17.7 Å². The standard InChI is InChI=1S/C14H27NO2S/c1-6-15-14(12-7-8-12,13(16)17-5)9-18-11(4)10(2)3/h10-12,15H,6-9H2,1-5H3. The van der Waals surface area contributed by atoms with Gasteiger partial charge >= 0.3 is 5.97 Å². The molecule has 0 aromatic heterocycles. The van der Waals surface area contributed by atoms with Crippen LogP contribution in [0.1, 0.15) is 40.5 Å². The van der Waals surface area contributed by atoms with Crippen molar-refractivity contribution in [2.75, 3.05) is 19.4 Å². The van der Waals surface area contributed by atoms with Crippen LogP contribution in [0.2, 0.25) is 0 Å². The minimum Gasteiger partial charge on any atom is -0.468 e. The maximum atomic E-state index is 12.2. The molecule has 0 saturated heterocycles. The van der Waals surface area contributed by atoms with Crippen LogP contribution in [0, 0.1) is 11.8 Å². The van der Waals surface area contributed by atoms with Gasteiger partial charge in [0, 0.05) is 11.0 Å². The maximum Gasteiger partial charge on any atom is 0.327 e. The number of nitrogens with one attached hydrogen (secondary N) is 1. The Labute approximate surface area is 115 Å². The molecule has 1 saturated carbocycles. The first-order valence-electron chi connectivity index (χ1n) is 6.93. The number of likely N-dealkylation sites (N-methyl/N-ethyl adjacent to an activating group) is 1. The first-order valence-corrected chi connectivity index (χ1v) is 7.97. The van der Waals surface area contributed by atoms with E-state index < -0.39 is 5.54 Å². The van der Waals surface area contributed by atoms with Crippen LogP contribution in [0.4, 0.5) is 0 Å². The van der Waals surface area contributed by atoms with Gasteiger partial charge in [-0.05, 0) is 31.2 Å². The van der Waals surface area contributed by atoms with Gasteiger partial charge in [-0.2, -0.15) is 11.8 Å². The summed E-state index contributed by atoms with van der Waals surface area (Å²) in [4.78, 5) is 12.2. The summed E-state index contributed by atoms with van der Waals surface area (Å²) < 4.78 is 5.05. The summed E-state index contributed by atoms with van der Waals surface area (Å²) in [7, 11) is 1.49. The Balaban J connectivity index is 2.72. The van der Waals surface area contributed by atoms with Crippen LogP contribution in [0.25, 0.3) is 0 Å². The van der Waals surface area contributed by atoms with Crippen LogP contribution < -0.4 is 5.32 Å². The van der Waals surface area contributed by atoms with Crippen LogP contribution in [-0.2, 0) is 9.53 Å². The lowest BCUT2D eigenvalue weighted by atomic mass is 9.95. The molecule has 0 aliphatic heterocycles. The second-order valence-electron chi connectivity index (χ2n) is 5.53. The molecule has 0 aromatic rings. The second-order valence-corrected chi connectivity index (χ2v) is 6.89. The molecule has 18 heavy (non-hydrogen) atoms. The predicted octanol–water partition coefficient (Wildman–Crippen LogP) is 2.70. The quantitative estimate of drug-likeness (QED) is 0.690. The van der Waals surface area contributed by atoms with E-state index in [4.69, 9.17) is 4.74 Å². The topological polar surface area (TPSA) is 38.3 Å². The summed E-state index contributed by atoms with van der Waals surface area (Å²) in [6.07, 6.45) is 2.28. The fourth-order valence-corrected chi connectivity index (χ4v) is 3.51. The lowest BCUT2D eigenvalue weighted by molar-refractivity contribution is -0.148. The number of esters is 1. The average molecular weight is 273 g/mol. The number of methoxy groups -OCH3 is 1. The molecule has 0 spiro atoms. The highest BCUT2D eigenvalue weighted by Gasteiger charge is 2.51. The molecule has 0 radical (unpaired) electrons. The van der Waals surface area contributed by atoms with Crippen molar-refractivity contribution < 1.29 is 9.53 Å². The zero-order valence-electron chi connectivity index (χ0n) is 12.3. The number of hydrogen-bond donors (Lipinski definition) is 1. The molecule has 0 bridgehead atoms. The highest BCUT2D eigenvalue weighted by atomic mass is 32.2.